The van der Waals surface area contributed by atoms with Gasteiger partial charge in [-0.2, -0.15) is 0 Å². The molecule has 19 heteroatoms. The molecule has 0 aromatic rings. The minimum Gasteiger partial charge on any atom is -0.462 e. The van der Waals surface area contributed by atoms with Crippen molar-refractivity contribution in [1.29, 1.82) is 0 Å². The Labute approximate surface area is 516 Å². The van der Waals surface area contributed by atoms with Crippen molar-refractivity contribution in [3.8, 4) is 0 Å². The molecule has 0 heterocycles. The number of allylic oxidation sites excluding steroid dienone is 4. The van der Waals surface area contributed by atoms with Gasteiger partial charge in [0.1, 0.15) is 19.3 Å². The van der Waals surface area contributed by atoms with E-state index in [1.165, 1.54) is 116 Å². The number of unbranched alkanes of at least 4 members (excludes halogenated alkanes) is 32. The molecule has 85 heavy (non-hydrogen) atoms. The van der Waals surface area contributed by atoms with E-state index < -0.39 is 97.5 Å². The number of hydrogen-bond donors (Lipinski definition) is 3. The molecule has 6 atom stereocenters. The number of phosphoric acid groups is 2. The van der Waals surface area contributed by atoms with Crippen LogP contribution in [0.15, 0.2) is 24.3 Å². The smallest absolute Gasteiger partial charge is 0.462 e. The molecule has 0 fully saturated rings. The van der Waals surface area contributed by atoms with E-state index in [1.54, 1.807) is 0 Å². The number of carbonyl (C=O) groups excluding carboxylic acids is 4. The average molecular weight is 1250 g/mol. The maximum atomic E-state index is 13.0. The molecule has 0 spiro atoms. The number of phosphoric ester groups is 2. The van der Waals surface area contributed by atoms with Crippen LogP contribution in [0.5, 0.6) is 0 Å². The van der Waals surface area contributed by atoms with Gasteiger partial charge >= 0.3 is 39.5 Å². The number of hydrogen-bond acceptors (Lipinski definition) is 15. The van der Waals surface area contributed by atoms with E-state index in [-0.39, 0.29) is 25.7 Å². The van der Waals surface area contributed by atoms with Gasteiger partial charge in [0.25, 0.3) is 0 Å². The quantitative estimate of drug-likeness (QED) is 0.0169. The predicted octanol–water partition coefficient (Wildman–Crippen LogP) is 18.1. The summed E-state index contributed by atoms with van der Waals surface area (Å²) in [5.74, 6) is -1.36. The second-order valence-corrected chi connectivity index (χ2v) is 26.3. The van der Waals surface area contributed by atoms with Crippen molar-refractivity contribution in [2.45, 2.75) is 329 Å². The van der Waals surface area contributed by atoms with Gasteiger partial charge in [0, 0.05) is 25.7 Å². The third-order valence-corrected chi connectivity index (χ3v) is 16.9. The van der Waals surface area contributed by atoms with Crippen LogP contribution in [0.25, 0.3) is 0 Å². The monoisotopic (exact) mass is 1250 g/mol. The van der Waals surface area contributed by atoms with E-state index in [1.807, 2.05) is 0 Å². The molecule has 0 aliphatic carbocycles. The molecule has 0 bridgehead atoms. The lowest BCUT2D eigenvalue weighted by Gasteiger charge is -2.21. The molecule has 3 unspecified atom stereocenters. The number of ether oxygens (including phenoxy) is 4. The van der Waals surface area contributed by atoms with Crippen LogP contribution in [-0.2, 0) is 65.4 Å². The summed E-state index contributed by atoms with van der Waals surface area (Å²) in [6, 6.07) is 0. The molecule has 17 nitrogen and oxygen atoms in total. The standard InChI is InChI=1S/C66H124O17P2/c1-6-10-13-16-18-20-22-23-24-25-27-33-37-42-47-52-66(71)83-62(56-77-64(69)50-45-40-35-31-29-28-30-34-39-43-48-59(5)9-4)58-81-85(74,75)79-54-60(67)53-78-84(72,73)80-57-61(55-76-63(68)49-44-38-15-12-8-3)82-65(70)51-46-41-36-32-26-21-19-17-14-11-7-2/h20,22-24,59-62,67H,6-19,21,25-58H2,1-5H3,(H,72,73)(H,74,75)/b22-20-,24-23-/t59?,60-,61+,62+/m0/s1. The zero-order valence-corrected chi connectivity index (χ0v) is 56.0. The summed E-state index contributed by atoms with van der Waals surface area (Å²) < 4.78 is 67.9. The third-order valence-electron chi connectivity index (χ3n) is 15.0. The molecule has 0 rings (SSSR count). The lowest BCUT2D eigenvalue weighted by molar-refractivity contribution is -0.161. The summed E-state index contributed by atoms with van der Waals surface area (Å²) in [6.45, 7) is 7.08. The molecule has 0 aliphatic heterocycles. The Morgan fingerprint density at radius 1 is 0.376 bits per heavy atom. The van der Waals surface area contributed by atoms with Crippen molar-refractivity contribution < 1.29 is 80.2 Å². The molecular formula is C66H124O17P2. The van der Waals surface area contributed by atoms with Crippen LogP contribution in [0, 0.1) is 5.92 Å². The normalized spacial score (nSPS) is 14.7. The second kappa shape index (κ2) is 59.2. The molecule has 0 aromatic carbocycles. The fourth-order valence-corrected chi connectivity index (χ4v) is 10.9. The molecule has 0 aliphatic rings. The number of carbonyl (C=O) groups is 4. The fourth-order valence-electron chi connectivity index (χ4n) is 9.36. The second-order valence-electron chi connectivity index (χ2n) is 23.4. The fraction of sp³-hybridized carbons (Fsp3) is 0.879. The zero-order valence-electron chi connectivity index (χ0n) is 54.2. The molecule has 0 saturated carbocycles. The van der Waals surface area contributed by atoms with Crippen molar-refractivity contribution in [2.24, 2.45) is 5.92 Å². The number of aliphatic hydroxyl groups excluding tert-OH is 1. The zero-order chi connectivity index (χ0) is 62.8. The largest absolute Gasteiger partial charge is 0.472 e. The van der Waals surface area contributed by atoms with Gasteiger partial charge in [-0.05, 0) is 57.3 Å². The first-order valence-electron chi connectivity index (χ1n) is 34.0. The molecule has 500 valence electrons. The Morgan fingerprint density at radius 3 is 1.00 bits per heavy atom. The summed E-state index contributed by atoms with van der Waals surface area (Å²) in [5, 5.41) is 10.5. The molecule has 0 radical (unpaired) electrons. The summed E-state index contributed by atoms with van der Waals surface area (Å²) in [5.41, 5.74) is 0. The van der Waals surface area contributed by atoms with Gasteiger partial charge in [-0.25, -0.2) is 9.13 Å². The lowest BCUT2D eigenvalue weighted by Crippen LogP contribution is -2.30. The van der Waals surface area contributed by atoms with Gasteiger partial charge in [0.2, 0.25) is 0 Å². The van der Waals surface area contributed by atoms with Crippen LogP contribution in [0.3, 0.4) is 0 Å². The topological polar surface area (TPSA) is 237 Å². The summed E-state index contributed by atoms with van der Waals surface area (Å²) in [4.78, 5) is 72.1. The molecule has 0 aromatic heterocycles. The predicted molar refractivity (Wildman–Crippen MR) is 340 cm³/mol. The summed E-state index contributed by atoms with van der Waals surface area (Å²) >= 11 is 0. The van der Waals surface area contributed by atoms with Crippen molar-refractivity contribution in [1.82, 2.24) is 0 Å². The number of aliphatic hydroxyl groups is 1. The maximum Gasteiger partial charge on any atom is 0.472 e. The van der Waals surface area contributed by atoms with Gasteiger partial charge in [-0.3, -0.25) is 37.3 Å². The summed E-state index contributed by atoms with van der Waals surface area (Å²) in [7, 11) is -9.89. The van der Waals surface area contributed by atoms with E-state index in [2.05, 4.69) is 58.9 Å². The van der Waals surface area contributed by atoms with Crippen LogP contribution >= 0.6 is 15.6 Å². The van der Waals surface area contributed by atoms with E-state index >= 15 is 0 Å². The van der Waals surface area contributed by atoms with E-state index in [0.717, 1.165) is 115 Å². The van der Waals surface area contributed by atoms with Crippen LogP contribution < -0.4 is 0 Å². The van der Waals surface area contributed by atoms with Gasteiger partial charge in [0.05, 0.1) is 26.4 Å². The highest BCUT2D eigenvalue weighted by Crippen LogP contribution is 2.45. The van der Waals surface area contributed by atoms with Gasteiger partial charge in [-0.1, -0.05) is 258 Å². The Hall–Kier alpha value is -2.46. The summed E-state index contributed by atoms with van der Waals surface area (Å²) in [6.07, 6.45) is 46.9. The SMILES string of the molecule is CCCCCC/C=C\C=C/CCCCCCCC(=O)O[C@H](COC(=O)CCCCCCCCCCCCC(C)CC)COP(=O)(O)OC[C@@H](O)COP(=O)(O)OC[C@@H](COC(=O)CCCCCCC)OC(=O)CCCCCCCCCCCCC. The molecular weight excluding hydrogens is 1130 g/mol. The van der Waals surface area contributed by atoms with Crippen LogP contribution in [0.1, 0.15) is 311 Å². The average Bonchev–Trinajstić information content (AvgIpc) is 3.53. The highest BCUT2D eigenvalue weighted by Gasteiger charge is 2.30. The Morgan fingerprint density at radius 2 is 0.659 bits per heavy atom. The van der Waals surface area contributed by atoms with Crippen LogP contribution in [-0.4, -0.2) is 96.7 Å². The first kappa shape index (κ1) is 82.5. The van der Waals surface area contributed by atoms with E-state index in [9.17, 15) is 43.2 Å². The van der Waals surface area contributed by atoms with E-state index in [0.29, 0.717) is 25.7 Å². The van der Waals surface area contributed by atoms with Crippen molar-refractivity contribution in [3.05, 3.63) is 24.3 Å². The minimum atomic E-state index is -4.95. The highest BCUT2D eigenvalue weighted by atomic mass is 31.2. The highest BCUT2D eigenvalue weighted by molar-refractivity contribution is 7.47. The van der Waals surface area contributed by atoms with Gasteiger partial charge in [-0.15, -0.1) is 0 Å². The third kappa shape index (κ3) is 59.0. The van der Waals surface area contributed by atoms with Crippen molar-refractivity contribution in [2.75, 3.05) is 39.6 Å². The molecule has 0 amide bonds. The van der Waals surface area contributed by atoms with Crippen LogP contribution in [0.4, 0.5) is 0 Å². The van der Waals surface area contributed by atoms with E-state index in [4.69, 9.17) is 37.0 Å². The maximum absolute atomic E-state index is 13.0. The van der Waals surface area contributed by atoms with Crippen molar-refractivity contribution in [3.63, 3.8) is 0 Å². The molecule has 3 N–H and O–H groups in total. The minimum absolute atomic E-state index is 0.0848. The number of rotatable bonds is 64. The van der Waals surface area contributed by atoms with Gasteiger partial charge < -0.3 is 33.8 Å². The van der Waals surface area contributed by atoms with Crippen LogP contribution in [0.2, 0.25) is 0 Å². The Kier molecular flexibility index (Phi) is 57.5. The molecule has 0 saturated heterocycles. The lowest BCUT2D eigenvalue weighted by atomic mass is 9.99. The van der Waals surface area contributed by atoms with Crippen molar-refractivity contribution >= 4 is 39.5 Å². The Balaban J connectivity index is 5.22. The van der Waals surface area contributed by atoms with Gasteiger partial charge in [0.15, 0.2) is 12.2 Å². The first-order chi connectivity index (χ1) is 41.1. The Bertz CT molecular complexity index is 1750. The first-order valence-corrected chi connectivity index (χ1v) is 37.0. The number of esters is 4.